The number of rotatable bonds is 11. The number of carbonyl (C=O) groups is 4. The predicted octanol–water partition coefficient (Wildman–Crippen LogP) is 0.517. The van der Waals surface area contributed by atoms with Crippen molar-refractivity contribution in [3.05, 3.63) is 28.7 Å². The van der Waals surface area contributed by atoms with Crippen LogP contribution in [-0.2, 0) is 19.2 Å². The van der Waals surface area contributed by atoms with Crippen LogP contribution in [0.4, 0.5) is 0 Å². The smallest absolute Gasteiger partial charge is 0.270 e. The highest BCUT2D eigenvalue weighted by Gasteiger charge is 2.38. The molecule has 0 bridgehead atoms. The van der Waals surface area contributed by atoms with Crippen LogP contribution < -0.4 is 20.5 Å². The highest BCUT2D eigenvalue weighted by molar-refractivity contribution is 9.10. The molecule has 0 spiro atoms. The van der Waals surface area contributed by atoms with E-state index in [4.69, 9.17) is 4.74 Å². The lowest BCUT2D eigenvalue weighted by Gasteiger charge is -2.33. The van der Waals surface area contributed by atoms with Gasteiger partial charge in [-0.25, -0.2) is 0 Å². The molecule has 0 aliphatic rings. The predicted molar refractivity (Wildman–Crippen MR) is 129 cm³/mol. The quantitative estimate of drug-likeness (QED) is 0.305. The van der Waals surface area contributed by atoms with Gasteiger partial charge in [0.25, 0.3) is 5.91 Å². The topological polar surface area (TPSA) is 165 Å². The summed E-state index contributed by atoms with van der Waals surface area (Å²) in [6, 6.07) is 6.08. The van der Waals surface area contributed by atoms with Gasteiger partial charge in [0, 0.05) is 16.3 Å². The highest BCUT2D eigenvalue weighted by Crippen LogP contribution is 2.20. The van der Waals surface area contributed by atoms with Crippen molar-refractivity contribution in [1.29, 1.82) is 0 Å². The van der Waals surface area contributed by atoms with Crippen LogP contribution in [0.2, 0.25) is 0 Å². The third kappa shape index (κ3) is 8.99. The first-order valence-electron chi connectivity index (χ1n) is 11.3. The SMILES string of the molecule is CC(C)[C@H](C)C(=O)NC(=O)[C@H]([O-])[C@H](O)[C@@H](O)[C@@H](Oc1ccc(Br)cc1)C(=O)NC(=O)[C@@H](C)C(C)C. The molecule has 1 aromatic rings. The van der Waals surface area contributed by atoms with Crippen molar-refractivity contribution < 1.29 is 39.2 Å². The van der Waals surface area contributed by atoms with Crippen LogP contribution in [0.1, 0.15) is 41.5 Å². The first-order chi connectivity index (χ1) is 16.2. The zero-order valence-electron chi connectivity index (χ0n) is 20.7. The Hall–Kier alpha value is -2.34. The Kier molecular flexibility index (Phi) is 12.0. The molecule has 0 fully saturated rings. The van der Waals surface area contributed by atoms with Gasteiger partial charge in [0.2, 0.25) is 23.8 Å². The summed E-state index contributed by atoms with van der Waals surface area (Å²) in [4.78, 5) is 49.5. The number of carbonyl (C=O) groups excluding carboxylic acids is 4. The summed E-state index contributed by atoms with van der Waals surface area (Å²) in [5.74, 6) is -5.05. The van der Waals surface area contributed by atoms with Crippen LogP contribution in [0.25, 0.3) is 0 Å². The number of ether oxygens (including phenoxy) is 1. The molecule has 10 nitrogen and oxygen atoms in total. The molecule has 196 valence electrons. The van der Waals surface area contributed by atoms with Gasteiger partial charge in [0.15, 0.2) is 0 Å². The van der Waals surface area contributed by atoms with Gasteiger partial charge in [0.1, 0.15) is 11.9 Å². The van der Waals surface area contributed by atoms with E-state index in [-0.39, 0.29) is 17.6 Å². The van der Waals surface area contributed by atoms with Crippen LogP contribution in [0.15, 0.2) is 28.7 Å². The highest BCUT2D eigenvalue weighted by atomic mass is 79.9. The van der Waals surface area contributed by atoms with E-state index in [0.717, 1.165) is 0 Å². The molecule has 0 aliphatic heterocycles. The van der Waals surface area contributed by atoms with Crippen molar-refractivity contribution in [2.75, 3.05) is 0 Å². The molecule has 0 radical (unpaired) electrons. The molecule has 11 heteroatoms. The Morgan fingerprint density at radius 1 is 0.771 bits per heavy atom. The van der Waals surface area contributed by atoms with Gasteiger partial charge in [-0.2, -0.15) is 0 Å². The number of benzene rings is 1. The third-order valence-electron chi connectivity index (χ3n) is 5.88. The normalized spacial score (nSPS) is 16.6. The molecule has 0 saturated heterocycles. The maximum Gasteiger partial charge on any atom is 0.270 e. The number of imide groups is 2. The van der Waals surface area contributed by atoms with Gasteiger partial charge < -0.3 is 20.1 Å². The zero-order valence-corrected chi connectivity index (χ0v) is 22.2. The van der Waals surface area contributed by atoms with Crippen molar-refractivity contribution in [3.8, 4) is 5.75 Å². The second-order valence-corrected chi connectivity index (χ2v) is 10.1. The van der Waals surface area contributed by atoms with Gasteiger partial charge in [-0.3, -0.25) is 29.8 Å². The number of hydrogen-bond donors (Lipinski definition) is 4. The summed E-state index contributed by atoms with van der Waals surface area (Å²) in [5, 5.41) is 37.6. The molecule has 0 heterocycles. The standard InChI is InChI=1S/C24H34BrN2O8/c1-11(2)13(5)21(31)26-23(33)19(30)17(28)18(29)20(35-16-9-7-15(25)8-10-16)24(34)27-22(32)14(6)12(3)4/h7-14,17-20,28-29H,1-6H3,(H,26,31,33)(H,27,32,34)/q-1/t13-,14-,17+,18+,19+,20+/m0/s1. The van der Waals surface area contributed by atoms with E-state index >= 15 is 0 Å². The molecular weight excluding hydrogens is 524 g/mol. The number of hydrogen-bond acceptors (Lipinski definition) is 8. The van der Waals surface area contributed by atoms with E-state index in [2.05, 4.69) is 21.2 Å². The number of halogens is 1. The molecule has 1 rings (SSSR count). The second-order valence-electron chi connectivity index (χ2n) is 9.17. The number of aliphatic hydroxyl groups is 2. The average Bonchev–Trinajstić information content (AvgIpc) is 2.80. The lowest BCUT2D eigenvalue weighted by molar-refractivity contribution is -0.426. The summed E-state index contributed by atoms with van der Waals surface area (Å²) in [6.45, 7) is 10.3. The van der Waals surface area contributed by atoms with Crippen molar-refractivity contribution in [2.24, 2.45) is 23.7 Å². The van der Waals surface area contributed by atoms with Crippen LogP contribution >= 0.6 is 15.9 Å². The van der Waals surface area contributed by atoms with Crippen LogP contribution in [0.3, 0.4) is 0 Å². The zero-order chi connectivity index (χ0) is 27.0. The van der Waals surface area contributed by atoms with Gasteiger partial charge in [-0.15, -0.1) is 0 Å². The third-order valence-corrected chi connectivity index (χ3v) is 6.41. The Labute approximate surface area is 213 Å². The van der Waals surface area contributed by atoms with E-state index in [0.29, 0.717) is 4.47 Å². The molecule has 1 aromatic carbocycles. The fourth-order valence-corrected chi connectivity index (χ4v) is 2.93. The first-order valence-corrected chi connectivity index (χ1v) is 12.1. The van der Waals surface area contributed by atoms with Gasteiger partial charge in [-0.1, -0.05) is 57.5 Å². The minimum atomic E-state index is -2.51. The van der Waals surface area contributed by atoms with E-state index in [9.17, 15) is 34.5 Å². The van der Waals surface area contributed by atoms with E-state index < -0.39 is 59.9 Å². The molecule has 6 atom stereocenters. The summed E-state index contributed by atoms with van der Waals surface area (Å²) in [6.07, 6.45) is -8.96. The molecule has 4 amide bonds. The molecule has 0 unspecified atom stereocenters. The Morgan fingerprint density at radius 2 is 1.20 bits per heavy atom. The molecule has 35 heavy (non-hydrogen) atoms. The fourth-order valence-electron chi connectivity index (χ4n) is 2.67. The molecule has 4 N–H and O–H groups in total. The molecular formula is C24H34BrN2O8-. The Bertz CT molecular complexity index is 890. The maximum absolute atomic E-state index is 12.8. The lowest BCUT2D eigenvalue weighted by atomic mass is 9.96. The van der Waals surface area contributed by atoms with Gasteiger partial charge in [0.05, 0.1) is 6.10 Å². The number of amides is 4. The van der Waals surface area contributed by atoms with Crippen LogP contribution in [-0.4, -0.2) is 58.3 Å². The molecule has 0 saturated carbocycles. The molecule has 0 aromatic heterocycles. The van der Waals surface area contributed by atoms with Crippen LogP contribution in [0, 0.1) is 23.7 Å². The minimum absolute atomic E-state index is 0.0929. The monoisotopic (exact) mass is 557 g/mol. The number of nitrogens with one attached hydrogen (secondary N) is 2. The number of aliphatic hydroxyl groups excluding tert-OH is 2. The van der Waals surface area contributed by atoms with Crippen molar-refractivity contribution in [2.45, 2.75) is 66.0 Å². The summed E-state index contributed by atoms with van der Waals surface area (Å²) >= 11 is 3.25. The fraction of sp³-hybridized carbons (Fsp3) is 0.583. The summed E-state index contributed by atoms with van der Waals surface area (Å²) < 4.78 is 6.20. The van der Waals surface area contributed by atoms with E-state index in [1.165, 1.54) is 12.1 Å². The Morgan fingerprint density at radius 3 is 1.63 bits per heavy atom. The van der Waals surface area contributed by atoms with Crippen molar-refractivity contribution >= 4 is 39.6 Å². The van der Waals surface area contributed by atoms with Crippen molar-refractivity contribution in [3.63, 3.8) is 0 Å². The van der Waals surface area contributed by atoms with Gasteiger partial charge in [-0.05, 0) is 42.2 Å². The van der Waals surface area contributed by atoms with Gasteiger partial charge >= 0.3 is 0 Å². The second kappa shape index (κ2) is 13.7. The summed E-state index contributed by atoms with van der Waals surface area (Å²) in [5.41, 5.74) is 0. The molecule has 0 aliphatic carbocycles. The minimum Gasteiger partial charge on any atom is -0.843 e. The van der Waals surface area contributed by atoms with Crippen molar-refractivity contribution in [1.82, 2.24) is 10.6 Å². The van der Waals surface area contributed by atoms with E-state index in [1.807, 2.05) is 5.32 Å². The van der Waals surface area contributed by atoms with Crippen LogP contribution in [0.5, 0.6) is 5.75 Å². The largest absolute Gasteiger partial charge is 0.843 e. The summed E-state index contributed by atoms with van der Waals surface area (Å²) in [7, 11) is 0. The van der Waals surface area contributed by atoms with E-state index in [1.54, 1.807) is 53.7 Å². The average molecular weight is 558 g/mol. The maximum atomic E-state index is 12.8. The Balaban J connectivity index is 3.09. The lowest BCUT2D eigenvalue weighted by Crippen LogP contribution is -2.61. The first kappa shape index (κ1) is 30.7.